The molecule has 0 aliphatic carbocycles. The average molecular weight is 188 g/mol. The summed E-state index contributed by atoms with van der Waals surface area (Å²) < 4.78 is 4.68. The third kappa shape index (κ3) is 5.22. The van der Waals surface area contributed by atoms with Crippen LogP contribution in [0.25, 0.3) is 0 Å². The van der Waals surface area contributed by atoms with E-state index in [0.29, 0.717) is 19.4 Å². The SMILES string of the molecule is CCOC(=O)CCC(CC)C(=O)O. The van der Waals surface area contributed by atoms with E-state index in [9.17, 15) is 9.59 Å². The summed E-state index contributed by atoms with van der Waals surface area (Å²) in [5, 5.41) is 8.66. The van der Waals surface area contributed by atoms with E-state index in [4.69, 9.17) is 5.11 Å². The maximum Gasteiger partial charge on any atom is 0.306 e. The van der Waals surface area contributed by atoms with Crippen molar-refractivity contribution < 1.29 is 19.4 Å². The van der Waals surface area contributed by atoms with Gasteiger partial charge in [0.25, 0.3) is 0 Å². The van der Waals surface area contributed by atoms with E-state index in [2.05, 4.69) is 4.74 Å². The molecule has 0 aromatic carbocycles. The van der Waals surface area contributed by atoms with Crippen LogP contribution in [0.3, 0.4) is 0 Å². The molecule has 0 aromatic heterocycles. The van der Waals surface area contributed by atoms with E-state index in [1.807, 2.05) is 0 Å². The fourth-order valence-corrected chi connectivity index (χ4v) is 1.03. The van der Waals surface area contributed by atoms with Gasteiger partial charge >= 0.3 is 11.9 Å². The van der Waals surface area contributed by atoms with E-state index >= 15 is 0 Å². The van der Waals surface area contributed by atoms with Gasteiger partial charge in [0.1, 0.15) is 0 Å². The molecule has 0 aliphatic heterocycles. The first-order valence-corrected chi connectivity index (χ1v) is 4.50. The quantitative estimate of drug-likeness (QED) is 0.640. The number of esters is 1. The zero-order valence-electron chi connectivity index (χ0n) is 8.08. The minimum Gasteiger partial charge on any atom is -0.481 e. The standard InChI is InChI=1S/C9H16O4/c1-3-7(9(11)12)5-6-8(10)13-4-2/h7H,3-6H2,1-2H3,(H,11,12). The second kappa shape index (κ2) is 6.46. The van der Waals surface area contributed by atoms with Crippen molar-refractivity contribution in [3.63, 3.8) is 0 Å². The Bertz CT molecular complexity index is 176. The molecule has 76 valence electrons. The van der Waals surface area contributed by atoms with Gasteiger partial charge in [0.05, 0.1) is 12.5 Å². The van der Waals surface area contributed by atoms with Crippen LogP contribution in [0, 0.1) is 5.92 Å². The third-order valence-electron chi connectivity index (χ3n) is 1.84. The lowest BCUT2D eigenvalue weighted by Gasteiger charge is -2.08. The average Bonchev–Trinajstić information content (AvgIpc) is 2.05. The van der Waals surface area contributed by atoms with Crippen LogP contribution >= 0.6 is 0 Å². The Kier molecular flexibility index (Phi) is 5.93. The Hall–Kier alpha value is -1.06. The van der Waals surface area contributed by atoms with Gasteiger partial charge in [-0.3, -0.25) is 9.59 Å². The van der Waals surface area contributed by atoms with Crippen LogP contribution in [-0.4, -0.2) is 23.7 Å². The molecule has 0 fully saturated rings. The van der Waals surface area contributed by atoms with E-state index < -0.39 is 11.9 Å². The maximum atomic E-state index is 10.9. The summed E-state index contributed by atoms with van der Waals surface area (Å²) in [6, 6.07) is 0. The number of carbonyl (C=O) groups excluding carboxylic acids is 1. The first-order chi connectivity index (χ1) is 6.11. The fraction of sp³-hybridized carbons (Fsp3) is 0.778. The highest BCUT2D eigenvalue weighted by Gasteiger charge is 2.16. The van der Waals surface area contributed by atoms with Gasteiger partial charge in [-0.1, -0.05) is 6.92 Å². The van der Waals surface area contributed by atoms with Gasteiger partial charge in [-0.2, -0.15) is 0 Å². The number of hydrogen-bond acceptors (Lipinski definition) is 3. The summed E-state index contributed by atoms with van der Waals surface area (Å²) in [5.74, 6) is -1.58. The normalized spacial score (nSPS) is 12.2. The van der Waals surface area contributed by atoms with Gasteiger partial charge in [-0.15, -0.1) is 0 Å². The molecule has 4 nitrogen and oxygen atoms in total. The summed E-state index contributed by atoms with van der Waals surface area (Å²) in [6.45, 7) is 3.87. The number of hydrogen-bond donors (Lipinski definition) is 1. The Morgan fingerprint density at radius 3 is 2.38 bits per heavy atom. The molecule has 0 radical (unpaired) electrons. The van der Waals surface area contributed by atoms with Crippen molar-refractivity contribution in [3.8, 4) is 0 Å². The number of carboxylic acids is 1. The van der Waals surface area contributed by atoms with Crippen LogP contribution in [0.2, 0.25) is 0 Å². The topological polar surface area (TPSA) is 63.6 Å². The van der Waals surface area contributed by atoms with Crippen molar-refractivity contribution in [2.24, 2.45) is 5.92 Å². The van der Waals surface area contributed by atoms with Gasteiger partial charge in [0, 0.05) is 6.42 Å². The predicted molar refractivity (Wildman–Crippen MR) is 47.3 cm³/mol. The molecule has 0 spiro atoms. The molecule has 13 heavy (non-hydrogen) atoms. The summed E-state index contributed by atoms with van der Waals surface area (Å²) in [7, 11) is 0. The first kappa shape index (κ1) is 11.9. The van der Waals surface area contributed by atoms with E-state index in [1.54, 1.807) is 13.8 Å². The zero-order chi connectivity index (χ0) is 10.3. The molecule has 0 heterocycles. The van der Waals surface area contributed by atoms with Crippen molar-refractivity contribution in [1.82, 2.24) is 0 Å². The molecule has 4 heteroatoms. The summed E-state index contributed by atoms with van der Waals surface area (Å²) in [4.78, 5) is 21.4. The highest BCUT2D eigenvalue weighted by atomic mass is 16.5. The van der Waals surface area contributed by atoms with E-state index in [-0.39, 0.29) is 12.4 Å². The van der Waals surface area contributed by atoms with E-state index in [1.165, 1.54) is 0 Å². The van der Waals surface area contributed by atoms with Crippen LogP contribution in [0.5, 0.6) is 0 Å². The minimum absolute atomic E-state index is 0.193. The Morgan fingerprint density at radius 1 is 1.38 bits per heavy atom. The molecule has 0 bridgehead atoms. The van der Waals surface area contributed by atoms with Crippen molar-refractivity contribution in [3.05, 3.63) is 0 Å². The van der Waals surface area contributed by atoms with Crippen LogP contribution in [0.4, 0.5) is 0 Å². The smallest absolute Gasteiger partial charge is 0.306 e. The zero-order valence-corrected chi connectivity index (χ0v) is 8.08. The number of ether oxygens (including phenoxy) is 1. The molecule has 0 rings (SSSR count). The Balaban J connectivity index is 3.72. The summed E-state index contributed by atoms with van der Waals surface area (Å²) >= 11 is 0. The van der Waals surface area contributed by atoms with Crippen molar-refractivity contribution in [1.29, 1.82) is 0 Å². The van der Waals surface area contributed by atoms with E-state index in [0.717, 1.165) is 0 Å². The second-order valence-corrected chi connectivity index (χ2v) is 2.79. The van der Waals surface area contributed by atoms with Gasteiger partial charge in [0.15, 0.2) is 0 Å². The first-order valence-electron chi connectivity index (χ1n) is 4.50. The van der Waals surface area contributed by atoms with Crippen LogP contribution in [0.15, 0.2) is 0 Å². The van der Waals surface area contributed by atoms with Crippen LogP contribution in [-0.2, 0) is 14.3 Å². The monoisotopic (exact) mass is 188 g/mol. The molecule has 1 N–H and O–H groups in total. The molecular weight excluding hydrogens is 172 g/mol. The highest BCUT2D eigenvalue weighted by Crippen LogP contribution is 2.11. The lowest BCUT2D eigenvalue weighted by molar-refractivity contribution is -0.145. The minimum atomic E-state index is -0.841. The van der Waals surface area contributed by atoms with Crippen LogP contribution in [0.1, 0.15) is 33.1 Å². The van der Waals surface area contributed by atoms with Gasteiger partial charge in [-0.25, -0.2) is 0 Å². The second-order valence-electron chi connectivity index (χ2n) is 2.79. The fourth-order valence-electron chi connectivity index (χ4n) is 1.03. The highest BCUT2D eigenvalue weighted by molar-refractivity contribution is 5.73. The Labute approximate surface area is 77.9 Å². The Morgan fingerprint density at radius 2 is 2.00 bits per heavy atom. The lowest BCUT2D eigenvalue weighted by Crippen LogP contribution is -2.15. The number of aliphatic carboxylic acids is 1. The molecule has 0 saturated heterocycles. The molecular formula is C9H16O4. The van der Waals surface area contributed by atoms with Crippen molar-refractivity contribution in [2.75, 3.05) is 6.61 Å². The number of rotatable bonds is 6. The lowest BCUT2D eigenvalue weighted by atomic mass is 10.0. The molecule has 0 aliphatic rings. The van der Waals surface area contributed by atoms with Gasteiger partial charge in [0.2, 0.25) is 0 Å². The molecule has 0 saturated carbocycles. The molecule has 0 aromatic rings. The molecule has 1 unspecified atom stereocenters. The molecule has 1 atom stereocenters. The summed E-state index contributed by atoms with van der Waals surface area (Å²) in [6.07, 6.45) is 1.11. The third-order valence-corrected chi connectivity index (χ3v) is 1.84. The van der Waals surface area contributed by atoms with Gasteiger partial charge in [-0.05, 0) is 19.8 Å². The molecule has 0 amide bonds. The summed E-state index contributed by atoms with van der Waals surface area (Å²) in [5.41, 5.74) is 0. The largest absolute Gasteiger partial charge is 0.481 e. The number of carbonyl (C=O) groups is 2. The maximum absolute atomic E-state index is 10.9. The van der Waals surface area contributed by atoms with Crippen molar-refractivity contribution in [2.45, 2.75) is 33.1 Å². The van der Waals surface area contributed by atoms with Gasteiger partial charge < -0.3 is 9.84 Å². The number of carboxylic acid groups (broad SMARTS) is 1. The predicted octanol–water partition coefficient (Wildman–Crippen LogP) is 1.44. The van der Waals surface area contributed by atoms with Crippen LogP contribution < -0.4 is 0 Å². The van der Waals surface area contributed by atoms with Crippen molar-refractivity contribution >= 4 is 11.9 Å².